The zero-order valence-corrected chi connectivity index (χ0v) is 33.4. The quantitative estimate of drug-likeness (QED) is 0.0328. The number of allylic oxidation sites excluding steroid dienone is 1. The highest BCUT2D eigenvalue weighted by molar-refractivity contribution is 6.07. The van der Waals surface area contributed by atoms with E-state index in [0.29, 0.717) is 42.5 Å². The molecular formula is C38H55N11O10. The summed E-state index contributed by atoms with van der Waals surface area (Å²) >= 11 is 0. The van der Waals surface area contributed by atoms with Crippen LogP contribution in [0.1, 0.15) is 64.9 Å². The van der Waals surface area contributed by atoms with Crippen LogP contribution in [-0.2, 0) is 44.8 Å². The molecule has 59 heavy (non-hydrogen) atoms. The predicted molar refractivity (Wildman–Crippen MR) is 215 cm³/mol. The van der Waals surface area contributed by atoms with Crippen LogP contribution < -0.4 is 59.2 Å². The van der Waals surface area contributed by atoms with Crippen molar-refractivity contribution >= 4 is 53.3 Å². The first-order chi connectivity index (χ1) is 28.0. The lowest BCUT2D eigenvalue weighted by Gasteiger charge is -2.21. The summed E-state index contributed by atoms with van der Waals surface area (Å²) in [6, 6.07) is 4.26. The molecule has 1 aliphatic heterocycles. The Hall–Kier alpha value is -6.77. The number of benzene rings is 1. The molecule has 21 heteroatoms. The molecule has 0 unspecified atom stereocenters. The number of aliphatic carboxylic acids is 1. The highest BCUT2D eigenvalue weighted by atomic mass is 16.5. The number of carbonyl (C=O) groups is 8. The minimum atomic E-state index is -1.59. The summed E-state index contributed by atoms with van der Waals surface area (Å²) in [5.41, 5.74) is 16.1. The number of aliphatic imine (C=N–C) groups is 1. The molecule has 21 nitrogen and oxygen atoms in total. The van der Waals surface area contributed by atoms with Crippen molar-refractivity contribution in [3.8, 4) is 5.75 Å². The van der Waals surface area contributed by atoms with Crippen LogP contribution in [-0.4, -0.2) is 103 Å². The smallest absolute Gasteiger partial charge is 0.330 e. The summed E-state index contributed by atoms with van der Waals surface area (Å²) in [6.45, 7) is 5.47. The van der Waals surface area contributed by atoms with Gasteiger partial charge in [-0.3, -0.25) is 38.6 Å². The number of nitrogens with two attached hydrogens (primary N) is 3. The van der Waals surface area contributed by atoms with Gasteiger partial charge in [-0.1, -0.05) is 31.6 Å². The van der Waals surface area contributed by atoms with E-state index in [1.165, 1.54) is 19.9 Å². The van der Waals surface area contributed by atoms with E-state index >= 15 is 0 Å². The van der Waals surface area contributed by atoms with Gasteiger partial charge in [0.1, 0.15) is 28.9 Å². The molecule has 0 aromatic heterocycles. The number of carbonyl (C=O) groups excluding carboxylic acids is 7. The molecule has 322 valence electrons. The average molecular weight is 826 g/mol. The van der Waals surface area contributed by atoms with E-state index in [0.717, 1.165) is 12.8 Å². The molecule has 1 aliphatic rings. The van der Waals surface area contributed by atoms with Gasteiger partial charge >= 0.3 is 5.97 Å². The van der Waals surface area contributed by atoms with Crippen molar-refractivity contribution in [2.45, 2.75) is 77.8 Å². The number of carboxylic acids is 1. The Balaban J connectivity index is 2.18. The molecule has 2 rings (SSSR count). The molecule has 14 N–H and O–H groups in total. The monoisotopic (exact) mass is 825 g/mol. The molecule has 2 atom stereocenters. The van der Waals surface area contributed by atoms with Crippen molar-refractivity contribution < 1.29 is 48.2 Å². The standard InChI is InChI=1S/C38H55N11O10/c1-4-5-15-43-33(54)25(39)13-14-29(50)42-17-7-18-59-24-11-9-23(10-12-24)19-27-36(57)49-32(22(2)3)37(58)47-26(8-6-16-44-38(40)41)34(55)45-21-30(51)46-28(20-31(52)53)35(56)48-27/h8-12,20,25,27H,4-7,13-19,21,39H2,1-3H3,(H,42,50)(H,43,54)(H,45,55)(H,46,51)(H,47,58)(H,48,56)(H,49,57)(H,52,53)(H4,40,41,44)/b26-8-,28-20+/t25-,27+/m0/s1. The molecule has 7 amide bonds. The SMILES string of the molecule is CCCCNC(=O)[C@@H](N)CCC(=O)NCCCOc1ccc(C[C@H]2NC(=O)/C(=C\C(=O)O)NC(=O)CNC(=O)/C(=C/CCN=C(N)N)NC(=O)C(=C(C)C)NC2=O)cc1. The van der Waals surface area contributed by atoms with Gasteiger partial charge in [0.2, 0.25) is 23.6 Å². The molecule has 1 aromatic rings. The number of carboxylic acid groups (broad SMARTS) is 1. The Morgan fingerprint density at radius 2 is 1.64 bits per heavy atom. The molecule has 0 saturated carbocycles. The first-order valence-corrected chi connectivity index (χ1v) is 18.9. The number of unbranched alkanes of at least 4 members (excludes halogenated alkanes) is 1. The van der Waals surface area contributed by atoms with E-state index in [-0.39, 0.29) is 68.0 Å². The number of rotatable bonds is 18. The number of ether oxygens (including phenoxy) is 1. The fourth-order valence-corrected chi connectivity index (χ4v) is 5.06. The Bertz CT molecular complexity index is 1820. The Labute approximate surface area is 341 Å². The predicted octanol–water partition coefficient (Wildman–Crippen LogP) is -2.09. The maximum absolute atomic E-state index is 13.8. The fourth-order valence-electron chi connectivity index (χ4n) is 5.06. The van der Waals surface area contributed by atoms with Gasteiger partial charge in [0.25, 0.3) is 17.7 Å². The second-order valence-corrected chi connectivity index (χ2v) is 13.4. The van der Waals surface area contributed by atoms with Gasteiger partial charge in [0, 0.05) is 32.5 Å². The largest absolute Gasteiger partial charge is 0.494 e. The van der Waals surface area contributed by atoms with Gasteiger partial charge in [-0.05, 0) is 62.8 Å². The molecule has 1 aromatic carbocycles. The van der Waals surface area contributed by atoms with Gasteiger partial charge in [-0.25, -0.2) is 4.79 Å². The number of guanidine groups is 1. The summed E-state index contributed by atoms with van der Waals surface area (Å²) < 4.78 is 5.77. The van der Waals surface area contributed by atoms with Crippen LogP contribution in [0.2, 0.25) is 0 Å². The van der Waals surface area contributed by atoms with Crippen molar-refractivity contribution in [1.29, 1.82) is 0 Å². The van der Waals surface area contributed by atoms with Crippen LogP contribution in [0.25, 0.3) is 0 Å². The number of hydrogen-bond donors (Lipinski definition) is 11. The van der Waals surface area contributed by atoms with E-state index in [1.54, 1.807) is 24.3 Å². The van der Waals surface area contributed by atoms with Crippen molar-refractivity contribution in [3.63, 3.8) is 0 Å². The Kier molecular flexibility index (Phi) is 20.9. The third kappa shape index (κ3) is 18.8. The summed E-state index contributed by atoms with van der Waals surface area (Å²) in [4.78, 5) is 106. The van der Waals surface area contributed by atoms with Crippen LogP contribution in [0.5, 0.6) is 5.75 Å². The van der Waals surface area contributed by atoms with Gasteiger partial charge in [0.05, 0.1) is 25.3 Å². The van der Waals surface area contributed by atoms with Crippen LogP contribution in [0.3, 0.4) is 0 Å². The number of nitrogens with one attached hydrogen (secondary N) is 7. The first-order valence-electron chi connectivity index (χ1n) is 18.9. The maximum Gasteiger partial charge on any atom is 0.330 e. The highest BCUT2D eigenvalue weighted by Gasteiger charge is 2.28. The van der Waals surface area contributed by atoms with E-state index < -0.39 is 59.8 Å². The lowest BCUT2D eigenvalue weighted by Crippen LogP contribution is -2.51. The zero-order chi connectivity index (χ0) is 43.9. The van der Waals surface area contributed by atoms with Crippen LogP contribution in [0, 0.1) is 0 Å². The molecule has 0 spiro atoms. The topological polar surface area (TPSA) is 341 Å². The Morgan fingerprint density at radius 3 is 2.29 bits per heavy atom. The van der Waals surface area contributed by atoms with Gasteiger partial charge in [0.15, 0.2) is 5.96 Å². The molecule has 1 saturated heterocycles. The van der Waals surface area contributed by atoms with E-state index in [4.69, 9.17) is 21.9 Å². The Morgan fingerprint density at radius 1 is 0.949 bits per heavy atom. The number of nitrogens with zero attached hydrogens (tertiary/aromatic N) is 1. The molecule has 0 aliphatic carbocycles. The van der Waals surface area contributed by atoms with Crippen molar-refractivity contribution in [1.82, 2.24) is 37.2 Å². The number of amides is 7. The van der Waals surface area contributed by atoms with Gasteiger partial charge in [-0.15, -0.1) is 0 Å². The lowest BCUT2D eigenvalue weighted by atomic mass is 10.0. The minimum Gasteiger partial charge on any atom is -0.494 e. The van der Waals surface area contributed by atoms with E-state index in [2.05, 4.69) is 42.2 Å². The normalized spacial score (nSPS) is 17.2. The van der Waals surface area contributed by atoms with Crippen molar-refractivity contribution in [2.75, 3.05) is 32.8 Å². The van der Waals surface area contributed by atoms with E-state index in [1.807, 2.05) is 6.92 Å². The van der Waals surface area contributed by atoms with Crippen molar-refractivity contribution in [3.05, 3.63) is 64.6 Å². The summed E-state index contributed by atoms with van der Waals surface area (Å²) in [5.74, 6) is -6.71. The molecule has 0 radical (unpaired) electrons. The molecular weight excluding hydrogens is 770 g/mol. The van der Waals surface area contributed by atoms with E-state index in [9.17, 15) is 43.5 Å². The van der Waals surface area contributed by atoms with Crippen molar-refractivity contribution in [2.24, 2.45) is 22.2 Å². The summed E-state index contributed by atoms with van der Waals surface area (Å²) in [5, 5.41) is 26.7. The third-order valence-electron chi connectivity index (χ3n) is 8.18. The lowest BCUT2D eigenvalue weighted by molar-refractivity contribution is -0.132. The van der Waals surface area contributed by atoms with Crippen LogP contribution >= 0.6 is 0 Å². The minimum absolute atomic E-state index is 0.0486. The second kappa shape index (κ2) is 25.5. The van der Waals surface area contributed by atoms with Gasteiger partial charge in [-0.2, -0.15) is 0 Å². The molecule has 1 heterocycles. The first kappa shape index (κ1) is 48.4. The van der Waals surface area contributed by atoms with Crippen LogP contribution in [0.15, 0.2) is 64.1 Å². The zero-order valence-electron chi connectivity index (χ0n) is 33.4. The second-order valence-electron chi connectivity index (χ2n) is 13.4. The average Bonchev–Trinajstić information content (AvgIpc) is 3.18. The number of hydrogen-bond acceptors (Lipinski definition) is 11. The molecule has 0 bridgehead atoms. The van der Waals surface area contributed by atoms with Crippen LogP contribution in [0.4, 0.5) is 0 Å². The van der Waals surface area contributed by atoms with Gasteiger partial charge < -0.3 is 64.3 Å². The maximum atomic E-state index is 13.8. The summed E-state index contributed by atoms with van der Waals surface area (Å²) in [6.07, 6.45) is 4.19. The third-order valence-corrected chi connectivity index (χ3v) is 8.18. The fraction of sp³-hybridized carbons (Fsp3) is 0.447. The highest BCUT2D eigenvalue weighted by Crippen LogP contribution is 2.15. The molecule has 1 fully saturated rings. The summed E-state index contributed by atoms with van der Waals surface area (Å²) in [7, 11) is 0.